The number of nitrogens with zero attached hydrogens (tertiary/aromatic N) is 1. The summed E-state index contributed by atoms with van der Waals surface area (Å²) in [7, 11) is -3.82. The first-order valence-electron chi connectivity index (χ1n) is 10.4. The molecule has 1 aliphatic heterocycles. The van der Waals surface area contributed by atoms with E-state index in [4.69, 9.17) is 11.6 Å². The highest BCUT2D eigenvalue weighted by Gasteiger charge is 2.52. The number of hydrogen-bond donors (Lipinski definition) is 1. The molecule has 0 unspecified atom stereocenters. The Morgan fingerprint density at radius 3 is 2.45 bits per heavy atom. The molecule has 1 aromatic rings. The summed E-state index contributed by atoms with van der Waals surface area (Å²) in [5.74, 6) is -0.251. The van der Waals surface area contributed by atoms with Gasteiger partial charge >= 0.3 is 0 Å². The predicted octanol–water partition coefficient (Wildman–Crippen LogP) is 3.34. The van der Waals surface area contributed by atoms with Gasteiger partial charge in [0.15, 0.2) is 14.6 Å². The maximum absolute atomic E-state index is 13.3. The molecule has 29 heavy (non-hydrogen) atoms. The van der Waals surface area contributed by atoms with Crippen molar-refractivity contribution in [3.05, 3.63) is 29.3 Å². The number of rotatable bonds is 7. The van der Waals surface area contributed by atoms with E-state index >= 15 is 0 Å². The highest BCUT2D eigenvalue weighted by Crippen LogP contribution is 2.41. The molecule has 2 amide bonds. The Balaban J connectivity index is 1.63. The summed E-state index contributed by atoms with van der Waals surface area (Å²) in [6.45, 7) is 1.72. The summed E-state index contributed by atoms with van der Waals surface area (Å²) < 4.78 is 25.2. The predicted molar refractivity (Wildman–Crippen MR) is 113 cm³/mol. The van der Waals surface area contributed by atoms with Crippen LogP contribution in [0.1, 0.15) is 57.8 Å². The number of amides is 2. The van der Waals surface area contributed by atoms with E-state index in [0.29, 0.717) is 56.6 Å². The van der Waals surface area contributed by atoms with E-state index in [1.165, 1.54) is 24.3 Å². The molecule has 2 aliphatic rings. The van der Waals surface area contributed by atoms with Gasteiger partial charge in [0.25, 0.3) is 0 Å². The first-order valence-corrected chi connectivity index (χ1v) is 12.3. The summed E-state index contributed by atoms with van der Waals surface area (Å²) in [6.07, 6.45) is 6.32. The minimum absolute atomic E-state index is 0.133. The molecule has 1 N–H and O–H groups in total. The molecule has 1 aromatic carbocycles. The number of likely N-dealkylation sites (tertiary alicyclic amines) is 1. The zero-order valence-corrected chi connectivity index (χ0v) is 18.2. The molecule has 160 valence electrons. The van der Waals surface area contributed by atoms with Gasteiger partial charge in [-0.05, 0) is 56.4 Å². The molecule has 1 saturated carbocycles. The van der Waals surface area contributed by atoms with Gasteiger partial charge in [0.05, 0.1) is 4.90 Å². The van der Waals surface area contributed by atoms with Gasteiger partial charge in [-0.15, -0.1) is 0 Å². The van der Waals surface area contributed by atoms with E-state index in [1.807, 2.05) is 4.90 Å². The van der Waals surface area contributed by atoms with Crippen molar-refractivity contribution < 1.29 is 18.0 Å². The number of nitrogens with one attached hydrogen (secondary N) is 1. The normalized spacial score (nSPS) is 19.8. The average Bonchev–Trinajstić information content (AvgIpc) is 3.13. The second kappa shape index (κ2) is 9.47. The van der Waals surface area contributed by atoms with Crippen molar-refractivity contribution in [1.29, 1.82) is 0 Å². The molecule has 1 saturated heterocycles. The summed E-state index contributed by atoms with van der Waals surface area (Å²) in [4.78, 5) is 27.1. The molecule has 6 nitrogen and oxygen atoms in total. The Morgan fingerprint density at radius 2 is 1.76 bits per heavy atom. The molecule has 0 spiro atoms. The van der Waals surface area contributed by atoms with Gasteiger partial charge in [-0.25, -0.2) is 8.42 Å². The smallest absolute Gasteiger partial charge is 0.241 e. The fourth-order valence-electron chi connectivity index (χ4n) is 4.31. The maximum Gasteiger partial charge on any atom is 0.241 e. The van der Waals surface area contributed by atoms with E-state index in [1.54, 1.807) is 0 Å². The molecular formula is C21H29ClN2O4S. The zero-order valence-electron chi connectivity index (χ0n) is 16.7. The van der Waals surface area contributed by atoms with Crippen molar-refractivity contribution in [2.45, 2.75) is 67.4 Å². The number of carbonyl (C=O) groups is 2. The minimum atomic E-state index is -3.82. The lowest BCUT2D eigenvalue weighted by atomic mass is 10.1. The van der Waals surface area contributed by atoms with Crippen molar-refractivity contribution in [2.24, 2.45) is 0 Å². The highest BCUT2D eigenvalue weighted by atomic mass is 35.5. The molecule has 1 aliphatic carbocycles. The van der Waals surface area contributed by atoms with Gasteiger partial charge < -0.3 is 10.2 Å². The second-order valence-electron chi connectivity index (χ2n) is 7.96. The van der Waals surface area contributed by atoms with Crippen LogP contribution in [0.15, 0.2) is 29.2 Å². The summed E-state index contributed by atoms with van der Waals surface area (Å²) in [6, 6.07) is 6.01. The number of carbonyl (C=O) groups excluding carboxylic acids is 2. The molecule has 0 aromatic heterocycles. The lowest BCUT2D eigenvalue weighted by Crippen LogP contribution is -2.51. The van der Waals surface area contributed by atoms with Crippen LogP contribution in [0, 0.1) is 0 Å². The summed E-state index contributed by atoms with van der Waals surface area (Å²) in [5, 5.41) is 3.30. The van der Waals surface area contributed by atoms with Crippen LogP contribution in [0.4, 0.5) is 0 Å². The van der Waals surface area contributed by atoms with Crippen LogP contribution in [-0.2, 0) is 19.4 Å². The Kier molecular flexibility index (Phi) is 7.22. The monoisotopic (exact) mass is 440 g/mol. The van der Waals surface area contributed by atoms with Crippen molar-refractivity contribution in [3.8, 4) is 0 Å². The lowest BCUT2D eigenvalue weighted by molar-refractivity contribution is -0.130. The third kappa shape index (κ3) is 4.77. The van der Waals surface area contributed by atoms with Crippen LogP contribution in [0.3, 0.4) is 0 Å². The van der Waals surface area contributed by atoms with Crippen molar-refractivity contribution in [1.82, 2.24) is 10.2 Å². The quantitative estimate of drug-likeness (QED) is 0.659. The van der Waals surface area contributed by atoms with Crippen LogP contribution in [-0.4, -0.2) is 49.5 Å². The number of benzene rings is 1. The van der Waals surface area contributed by atoms with Crippen LogP contribution in [0.25, 0.3) is 0 Å². The number of sulfone groups is 1. The number of hydrogen-bond acceptors (Lipinski definition) is 4. The summed E-state index contributed by atoms with van der Waals surface area (Å²) >= 11 is 5.89. The average molecular weight is 441 g/mol. The third-order valence-corrected chi connectivity index (χ3v) is 8.79. The van der Waals surface area contributed by atoms with Gasteiger partial charge in [0.2, 0.25) is 11.8 Å². The van der Waals surface area contributed by atoms with E-state index in [9.17, 15) is 18.0 Å². The molecule has 0 bridgehead atoms. The first kappa shape index (κ1) is 22.1. The van der Waals surface area contributed by atoms with Crippen LogP contribution >= 0.6 is 11.6 Å². The van der Waals surface area contributed by atoms with E-state index in [0.717, 1.165) is 25.8 Å². The maximum atomic E-state index is 13.3. The Bertz CT molecular complexity index is 833. The number of halogens is 1. The third-order valence-electron chi connectivity index (χ3n) is 6.03. The Hall–Kier alpha value is -1.60. The Labute approximate surface area is 177 Å². The van der Waals surface area contributed by atoms with Crippen LogP contribution in [0.5, 0.6) is 0 Å². The largest absolute Gasteiger partial charge is 0.355 e. The van der Waals surface area contributed by atoms with Crippen LogP contribution < -0.4 is 5.32 Å². The second-order valence-corrected chi connectivity index (χ2v) is 10.7. The van der Waals surface area contributed by atoms with Crippen molar-refractivity contribution in [3.63, 3.8) is 0 Å². The zero-order chi connectivity index (χ0) is 20.9. The van der Waals surface area contributed by atoms with E-state index < -0.39 is 20.5 Å². The molecule has 1 heterocycles. The molecular weight excluding hydrogens is 412 g/mol. The van der Waals surface area contributed by atoms with Crippen molar-refractivity contribution in [2.75, 3.05) is 19.6 Å². The van der Waals surface area contributed by atoms with Crippen LogP contribution in [0.2, 0.25) is 5.02 Å². The van der Waals surface area contributed by atoms with E-state index in [2.05, 4.69) is 5.32 Å². The minimum Gasteiger partial charge on any atom is -0.355 e. The van der Waals surface area contributed by atoms with Gasteiger partial charge in [-0.3, -0.25) is 9.59 Å². The van der Waals surface area contributed by atoms with Gasteiger partial charge in [-0.2, -0.15) is 0 Å². The van der Waals surface area contributed by atoms with Gasteiger partial charge in [-0.1, -0.05) is 30.9 Å². The lowest BCUT2D eigenvalue weighted by Gasteiger charge is -2.28. The topological polar surface area (TPSA) is 83.6 Å². The van der Waals surface area contributed by atoms with Crippen molar-refractivity contribution >= 4 is 33.3 Å². The fraction of sp³-hybridized carbons (Fsp3) is 0.619. The summed E-state index contributed by atoms with van der Waals surface area (Å²) in [5.41, 5.74) is 0. The van der Waals surface area contributed by atoms with Gasteiger partial charge in [0.1, 0.15) is 0 Å². The molecule has 0 atom stereocenters. The molecule has 2 fully saturated rings. The van der Waals surface area contributed by atoms with Gasteiger partial charge in [0, 0.05) is 31.1 Å². The SMILES string of the molecule is O=C1CCCCCN1CCCNC(=O)C1(S(=O)(=O)c2ccc(Cl)cc2)CCCC1. The molecule has 0 radical (unpaired) electrons. The Morgan fingerprint density at radius 1 is 1.07 bits per heavy atom. The van der Waals surface area contributed by atoms with E-state index in [-0.39, 0.29) is 10.8 Å². The fourth-order valence-corrected chi connectivity index (χ4v) is 6.53. The highest BCUT2D eigenvalue weighted by molar-refractivity contribution is 7.93. The standard InChI is InChI=1S/C21H29ClN2O4S/c22-17-8-10-18(11-9-17)29(27,28)21(12-3-4-13-21)20(26)23-14-6-16-24-15-5-1-2-7-19(24)25/h8-11H,1-7,12-16H2,(H,23,26). The molecule has 8 heteroatoms. The first-order chi connectivity index (χ1) is 13.9. The molecule has 3 rings (SSSR count).